The number of hydrogen-bond acceptors (Lipinski definition) is 5. The van der Waals surface area contributed by atoms with E-state index in [9.17, 15) is 15.5 Å². The summed E-state index contributed by atoms with van der Waals surface area (Å²) >= 11 is 0. The van der Waals surface area contributed by atoms with Gasteiger partial charge in [-0.1, -0.05) is 17.3 Å². The number of hydrogen-bond donors (Lipinski definition) is 2. The van der Waals surface area contributed by atoms with Crippen molar-refractivity contribution in [3.63, 3.8) is 0 Å². The second-order valence-electron chi connectivity index (χ2n) is 4.80. The lowest BCUT2D eigenvalue weighted by molar-refractivity contribution is 0.438. The molecule has 0 saturated heterocycles. The number of aromatic hydroxyl groups is 2. The lowest BCUT2D eigenvalue weighted by Gasteiger charge is -2.06. The maximum Gasteiger partial charge on any atom is 0.170 e. The standard InChI is InChI=1S/C16H12N2O3/c17-9-11(7-10-1-3-12(19)4-2-10)16-14-6-5-13(20)8-15(14)21-18-16/h1-6,8,11,19-20H,7H2. The number of nitriles is 1. The molecule has 1 atom stereocenters. The SMILES string of the molecule is N#CC(Cc1ccc(O)cc1)c1noc2cc(O)ccc12. The molecule has 5 nitrogen and oxygen atoms in total. The number of phenolic OH excluding ortho intramolecular Hbond substituents is 2. The van der Waals surface area contributed by atoms with E-state index in [1.165, 1.54) is 12.1 Å². The Labute approximate surface area is 120 Å². The molecule has 1 heterocycles. The van der Waals surface area contributed by atoms with Crippen molar-refractivity contribution in [2.24, 2.45) is 0 Å². The van der Waals surface area contributed by atoms with Gasteiger partial charge in [-0.05, 0) is 36.2 Å². The van der Waals surface area contributed by atoms with Gasteiger partial charge >= 0.3 is 0 Å². The van der Waals surface area contributed by atoms with Gasteiger partial charge in [0.2, 0.25) is 0 Å². The van der Waals surface area contributed by atoms with Gasteiger partial charge in [0.25, 0.3) is 0 Å². The number of nitrogens with zero attached hydrogens (tertiary/aromatic N) is 2. The van der Waals surface area contributed by atoms with Crippen molar-refractivity contribution >= 4 is 11.0 Å². The number of fused-ring (bicyclic) bond motifs is 1. The van der Waals surface area contributed by atoms with Crippen LogP contribution in [0.5, 0.6) is 11.5 Å². The van der Waals surface area contributed by atoms with Gasteiger partial charge in [-0.25, -0.2) is 0 Å². The predicted octanol–water partition coefficient (Wildman–Crippen LogP) is 3.09. The smallest absolute Gasteiger partial charge is 0.170 e. The molecule has 2 aromatic carbocycles. The Morgan fingerprint density at radius 2 is 1.81 bits per heavy atom. The van der Waals surface area contributed by atoms with Gasteiger partial charge in [-0.15, -0.1) is 0 Å². The molecule has 0 fully saturated rings. The Hall–Kier alpha value is -3.00. The first kappa shape index (κ1) is 13.0. The molecule has 21 heavy (non-hydrogen) atoms. The molecule has 2 N–H and O–H groups in total. The molecular formula is C16H12N2O3. The van der Waals surface area contributed by atoms with E-state index in [-0.39, 0.29) is 11.5 Å². The fraction of sp³-hybridized carbons (Fsp3) is 0.125. The van der Waals surface area contributed by atoms with Crippen molar-refractivity contribution in [3.05, 3.63) is 53.7 Å². The Morgan fingerprint density at radius 1 is 1.10 bits per heavy atom. The van der Waals surface area contributed by atoms with Gasteiger partial charge in [0.05, 0.1) is 12.0 Å². The van der Waals surface area contributed by atoms with E-state index in [0.717, 1.165) is 10.9 Å². The zero-order chi connectivity index (χ0) is 14.8. The molecule has 104 valence electrons. The summed E-state index contributed by atoms with van der Waals surface area (Å²) in [7, 11) is 0. The molecule has 3 rings (SSSR count). The third kappa shape index (κ3) is 2.51. The topological polar surface area (TPSA) is 90.3 Å². The van der Waals surface area contributed by atoms with Crippen LogP contribution in [0.25, 0.3) is 11.0 Å². The maximum absolute atomic E-state index is 9.42. The largest absolute Gasteiger partial charge is 0.508 e. The van der Waals surface area contributed by atoms with Gasteiger partial charge in [-0.3, -0.25) is 0 Å². The van der Waals surface area contributed by atoms with E-state index in [4.69, 9.17) is 4.52 Å². The van der Waals surface area contributed by atoms with Crippen molar-refractivity contribution in [2.75, 3.05) is 0 Å². The van der Waals surface area contributed by atoms with Crippen LogP contribution in [-0.4, -0.2) is 15.4 Å². The Balaban J connectivity index is 1.95. The van der Waals surface area contributed by atoms with Gasteiger partial charge < -0.3 is 14.7 Å². The number of aromatic nitrogens is 1. The molecule has 0 saturated carbocycles. The van der Waals surface area contributed by atoms with E-state index in [0.29, 0.717) is 17.7 Å². The quantitative estimate of drug-likeness (QED) is 0.769. The van der Waals surface area contributed by atoms with Crippen LogP contribution in [0.15, 0.2) is 47.0 Å². The molecule has 0 bridgehead atoms. The van der Waals surface area contributed by atoms with Crippen molar-refractivity contribution in [2.45, 2.75) is 12.3 Å². The number of phenols is 2. The van der Waals surface area contributed by atoms with Crippen LogP contribution < -0.4 is 0 Å². The van der Waals surface area contributed by atoms with E-state index in [2.05, 4.69) is 11.2 Å². The van der Waals surface area contributed by atoms with E-state index < -0.39 is 5.92 Å². The van der Waals surface area contributed by atoms with Crippen LogP contribution in [0.1, 0.15) is 17.2 Å². The molecule has 0 aliphatic heterocycles. The van der Waals surface area contributed by atoms with Crippen molar-refractivity contribution in [3.8, 4) is 17.6 Å². The molecule has 0 amide bonds. The minimum absolute atomic E-state index is 0.0947. The summed E-state index contributed by atoms with van der Waals surface area (Å²) in [5.74, 6) is -0.174. The minimum atomic E-state index is -0.458. The Kier molecular flexibility index (Phi) is 3.20. The van der Waals surface area contributed by atoms with Gasteiger partial charge in [0.1, 0.15) is 17.2 Å². The van der Waals surface area contributed by atoms with Crippen LogP contribution in [0.2, 0.25) is 0 Å². The molecule has 1 unspecified atom stereocenters. The van der Waals surface area contributed by atoms with Crippen LogP contribution >= 0.6 is 0 Å². The molecular weight excluding hydrogens is 268 g/mol. The highest BCUT2D eigenvalue weighted by atomic mass is 16.5. The van der Waals surface area contributed by atoms with Crippen LogP contribution in [0, 0.1) is 11.3 Å². The molecule has 3 aromatic rings. The van der Waals surface area contributed by atoms with Crippen molar-refractivity contribution in [1.82, 2.24) is 5.16 Å². The summed E-state index contributed by atoms with van der Waals surface area (Å²) in [6.45, 7) is 0. The van der Waals surface area contributed by atoms with Crippen molar-refractivity contribution < 1.29 is 14.7 Å². The molecule has 0 spiro atoms. The van der Waals surface area contributed by atoms with Gasteiger partial charge in [0, 0.05) is 11.5 Å². The van der Waals surface area contributed by atoms with Crippen LogP contribution in [0.3, 0.4) is 0 Å². The highest BCUT2D eigenvalue weighted by Gasteiger charge is 2.19. The Bertz CT molecular complexity index is 816. The van der Waals surface area contributed by atoms with E-state index in [1.54, 1.807) is 30.3 Å². The average molecular weight is 280 g/mol. The third-order valence-corrected chi connectivity index (χ3v) is 3.35. The minimum Gasteiger partial charge on any atom is -0.508 e. The second-order valence-corrected chi connectivity index (χ2v) is 4.80. The van der Waals surface area contributed by atoms with Crippen LogP contribution in [0.4, 0.5) is 0 Å². The zero-order valence-corrected chi connectivity index (χ0v) is 11.0. The molecule has 5 heteroatoms. The highest BCUT2D eigenvalue weighted by Crippen LogP contribution is 2.29. The first-order chi connectivity index (χ1) is 10.2. The summed E-state index contributed by atoms with van der Waals surface area (Å²) < 4.78 is 5.17. The third-order valence-electron chi connectivity index (χ3n) is 3.35. The van der Waals surface area contributed by atoms with Gasteiger partial charge in [0.15, 0.2) is 5.58 Å². The zero-order valence-electron chi connectivity index (χ0n) is 11.0. The first-order valence-electron chi connectivity index (χ1n) is 6.43. The van der Waals surface area contributed by atoms with E-state index in [1.807, 2.05) is 0 Å². The fourth-order valence-electron chi connectivity index (χ4n) is 2.27. The summed E-state index contributed by atoms with van der Waals surface area (Å²) in [6.07, 6.45) is 0.472. The summed E-state index contributed by atoms with van der Waals surface area (Å²) in [4.78, 5) is 0. The lowest BCUT2D eigenvalue weighted by Crippen LogP contribution is -2.01. The van der Waals surface area contributed by atoms with E-state index >= 15 is 0 Å². The summed E-state index contributed by atoms with van der Waals surface area (Å²) in [5.41, 5.74) is 1.94. The fourth-order valence-corrected chi connectivity index (χ4v) is 2.27. The monoisotopic (exact) mass is 280 g/mol. The predicted molar refractivity (Wildman–Crippen MR) is 75.8 cm³/mol. The molecule has 0 radical (unpaired) electrons. The molecule has 0 aliphatic carbocycles. The van der Waals surface area contributed by atoms with Crippen LogP contribution in [-0.2, 0) is 6.42 Å². The number of benzene rings is 2. The maximum atomic E-state index is 9.42. The lowest BCUT2D eigenvalue weighted by atomic mass is 9.95. The normalized spacial score (nSPS) is 12.1. The van der Waals surface area contributed by atoms with Crippen molar-refractivity contribution in [1.29, 1.82) is 5.26 Å². The number of rotatable bonds is 3. The molecule has 1 aromatic heterocycles. The first-order valence-corrected chi connectivity index (χ1v) is 6.43. The Morgan fingerprint density at radius 3 is 2.52 bits per heavy atom. The highest BCUT2D eigenvalue weighted by molar-refractivity contribution is 5.81. The van der Waals surface area contributed by atoms with Gasteiger partial charge in [-0.2, -0.15) is 5.26 Å². The summed E-state index contributed by atoms with van der Waals surface area (Å²) in [6, 6.07) is 13.6. The second kappa shape index (κ2) is 5.17. The average Bonchev–Trinajstić information content (AvgIpc) is 2.89. The molecule has 0 aliphatic rings. The summed E-state index contributed by atoms with van der Waals surface area (Å²) in [5, 5.41) is 32.8.